The monoisotopic (exact) mass is 640 g/mol. The molecule has 3 fully saturated rings. The van der Waals surface area contributed by atoms with Gasteiger partial charge in [-0.25, -0.2) is 13.2 Å². The Hall–Kier alpha value is -2.26. The lowest BCUT2D eigenvalue weighted by molar-refractivity contribution is -0.224. The van der Waals surface area contributed by atoms with E-state index in [2.05, 4.69) is 6.92 Å². The number of hydrogen-bond donors (Lipinski definition) is 0. The Morgan fingerprint density at radius 1 is 0.800 bits per heavy atom. The van der Waals surface area contributed by atoms with Crippen LogP contribution in [0.5, 0.6) is 5.75 Å². The molecule has 0 amide bonds. The Bertz CT molecular complexity index is 1210. The minimum Gasteiger partial charge on any atom is -0.432 e. The zero-order valence-corrected chi connectivity index (χ0v) is 26.2. The molecule has 5 rings (SSSR count). The molecular formula is C36H46F6O3. The molecule has 0 radical (unpaired) electrons. The summed E-state index contributed by atoms with van der Waals surface area (Å²) < 4.78 is 103. The van der Waals surface area contributed by atoms with Gasteiger partial charge < -0.3 is 14.2 Å². The van der Waals surface area contributed by atoms with E-state index in [0.717, 1.165) is 37.7 Å². The molecule has 3 aliphatic rings. The van der Waals surface area contributed by atoms with Gasteiger partial charge in [-0.15, -0.1) is 0 Å². The van der Waals surface area contributed by atoms with Gasteiger partial charge in [0.25, 0.3) is 0 Å². The van der Waals surface area contributed by atoms with E-state index in [1.54, 1.807) is 6.07 Å². The molecule has 0 aromatic heterocycles. The van der Waals surface area contributed by atoms with Gasteiger partial charge in [0.2, 0.25) is 0 Å². The summed E-state index contributed by atoms with van der Waals surface area (Å²) in [5.41, 5.74) is 0.952. The number of rotatable bonds is 12. The second kappa shape index (κ2) is 15.6. The first-order valence-electron chi connectivity index (χ1n) is 16.8. The largest absolute Gasteiger partial charge is 0.432 e. The molecule has 0 bridgehead atoms. The lowest BCUT2D eigenvalue weighted by Crippen LogP contribution is -2.38. The third kappa shape index (κ3) is 8.56. The van der Waals surface area contributed by atoms with E-state index in [0.29, 0.717) is 61.5 Å². The van der Waals surface area contributed by atoms with Crippen LogP contribution in [0.1, 0.15) is 113 Å². The van der Waals surface area contributed by atoms with Gasteiger partial charge in [0.15, 0.2) is 6.29 Å². The van der Waals surface area contributed by atoms with Crippen molar-refractivity contribution in [3.05, 3.63) is 64.5 Å². The van der Waals surface area contributed by atoms with E-state index >= 15 is 4.39 Å². The maximum atomic E-state index is 15.3. The molecule has 1 aliphatic heterocycles. The van der Waals surface area contributed by atoms with Crippen LogP contribution >= 0.6 is 0 Å². The highest BCUT2D eigenvalue weighted by Crippen LogP contribution is 2.47. The van der Waals surface area contributed by atoms with Crippen molar-refractivity contribution in [1.29, 1.82) is 0 Å². The van der Waals surface area contributed by atoms with E-state index < -0.39 is 54.4 Å². The lowest BCUT2D eigenvalue weighted by Gasteiger charge is -2.39. The fourth-order valence-electron chi connectivity index (χ4n) is 7.65. The van der Waals surface area contributed by atoms with Crippen molar-refractivity contribution in [2.45, 2.75) is 109 Å². The van der Waals surface area contributed by atoms with Crippen LogP contribution in [0.25, 0.3) is 0 Å². The SMILES string of the molecule is CCCCCC1COC(c2ccc(C3CCC(C4CCC(C(F)(F)Oc5cc(F)c(CCF)c(F)c5)CC4)CC3)c(F)c2)OC1. The van der Waals surface area contributed by atoms with Crippen molar-refractivity contribution in [1.82, 2.24) is 0 Å². The van der Waals surface area contributed by atoms with Crippen LogP contribution in [0, 0.1) is 41.1 Å². The lowest BCUT2D eigenvalue weighted by atomic mass is 9.68. The molecule has 0 spiro atoms. The molecule has 0 unspecified atom stereocenters. The third-order valence-corrected chi connectivity index (χ3v) is 10.3. The number of alkyl halides is 3. The smallest absolute Gasteiger partial charge is 0.400 e. The third-order valence-electron chi connectivity index (χ3n) is 10.3. The van der Waals surface area contributed by atoms with Gasteiger partial charge >= 0.3 is 6.11 Å². The Labute approximate surface area is 263 Å². The highest BCUT2D eigenvalue weighted by Gasteiger charge is 2.45. The highest BCUT2D eigenvalue weighted by molar-refractivity contribution is 5.31. The molecule has 1 saturated heterocycles. The van der Waals surface area contributed by atoms with Crippen molar-refractivity contribution < 1.29 is 40.6 Å². The van der Waals surface area contributed by atoms with Crippen LogP contribution in [0.3, 0.4) is 0 Å². The first-order chi connectivity index (χ1) is 21.7. The summed E-state index contributed by atoms with van der Waals surface area (Å²) in [6, 6.07) is 6.73. The van der Waals surface area contributed by atoms with Gasteiger partial charge in [0, 0.05) is 35.6 Å². The number of benzene rings is 2. The number of hydrogen-bond acceptors (Lipinski definition) is 3. The van der Waals surface area contributed by atoms with E-state index in [4.69, 9.17) is 14.2 Å². The molecule has 0 N–H and O–H groups in total. The topological polar surface area (TPSA) is 27.7 Å². The summed E-state index contributed by atoms with van der Waals surface area (Å²) in [6.07, 6.45) is 5.38. The van der Waals surface area contributed by atoms with Crippen molar-refractivity contribution in [2.24, 2.45) is 23.7 Å². The summed E-state index contributed by atoms with van der Waals surface area (Å²) >= 11 is 0. The maximum Gasteiger partial charge on any atom is 0.400 e. The quantitative estimate of drug-likeness (QED) is 0.171. The molecule has 2 saturated carbocycles. The van der Waals surface area contributed by atoms with Crippen molar-refractivity contribution in [2.75, 3.05) is 19.9 Å². The normalized spacial score (nSPS) is 27.8. The molecule has 45 heavy (non-hydrogen) atoms. The predicted molar refractivity (Wildman–Crippen MR) is 160 cm³/mol. The zero-order chi connectivity index (χ0) is 32.0. The van der Waals surface area contributed by atoms with Crippen LogP contribution in [0.15, 0.2) is 30.3 Å². The average molecular weight is 641 g/mol. The summed E-state index contributed by atoms with van der Waals surface area (Å²) in [6.45, 7) is 2.49. The van der Waals surface area contributed by atoms with E-state index in [9.17, 15) is 22.0 Å². The van der Waals surface area contributed by atoms with Gasteiger partial charge in [-0.2, -0.15) is 8.78 Å². The van der Waals surface area contributed by atoms with E-state index in [1.165, 1.54) is 19.3 Å². The van der Waals surface area contributed by atoms with Crippen LogP contribution < -0.4 is 4.74 Å². The van der Waals surface area contributed by atoms with Gasteiger partial charge in [-0.1, -0.05) is 38.3 Å². The van der Waals surface area contributed by atoms with Crippen LogP contribution in [0.2, 0.25) is 0 Å². The van der Waals surface area contributed by atoms with Crippen molar-refractivity contribution in [3.63, 3.8) is 0 Å². The Kier molecular flexibility index (Phi) is 11.8. The summed E-state index contributed by atoms with van der Waals surface area (Å²) in [5.74, 6) is -2.83. The van der Waals surface area contributed by atoms with Crippen LogP contribution in [-0.4, -0.2) is 26.0 Å². The Balaban J connectivity index is 1.07. The highest BCUT2D eigenvalue weighted by atomic mass is 19.3. The average Bonchev–Trinajstić information content (AvgIpc) is 3.03. The summed E-state index contributed by atoms with van der Waals surface area (Å²) in [7, 11) is 0. The van der Waals surface area contributed by atoms with Crippen molar-refractivity contribution >= 4 is 0 Å². The molecule has 2 aromatic rings. The second-order valence-electron chi connectivity index (χ2n) is 13.3. The van der Waals surface area contributed by atoms with Gasteiger partial charge in [0.1, 0.15) is 23.2 Å². The maximum absolute atomic E-state index is 15.3. The van der Waals surface area contributed by atoms with E-state index in [1.807, 2.05) is 12.1 Å². The molecular weight excluding hydrogens is 594 g/mol. The fraction of sp³-hybridized carbons (Fsp3) is 0.667. The molecule has 3 nitrogen and oxygen atoms in total. The van der Waals surface area contributed by atoms with Crippen LogP contribution in [0.4, 0.5) is 26.3 Å². The number of unbranched alkanes of at least 4 members (excludes halogenated alkanes) is 2. The molecule has 0 atom stereocenters. The van der Waals surface area contributed by atoms with Gasteiger partial charge in [-0.05, 0) is 87.2 Å². The predicted octanol–water partition coefficient (Wildman–Crippen LogP) is 10.6. The van der Waals surface area contributed by atoms with Gasteiger partial charge in [0.05, 0.1) is 25.8 Å². The summed E-state index contributed by atoms with van der Waals surface area (Å²) in [5, 5.41) is 0. The number of halogens is 6. The van der Waals surface area contributed by atoms with Gasteiger partial charge in [-0.3, -0.25) is 4.39 Å². The summed E-state index contributed by atoms with van der Waals surface area (Å²) in [4.78, 5) is 0. The fourth-order valence-corrected chi connectivity index (χ4v) is 7.65. The molecule has 2 aliphatic carbocycles. The second-order valence-corrected chi connectivity index (χ2v) is 13.3. The molecule has 1 heterocycles. The van der Waals surface area contributed by atoms with Crippen LogP contribution in [-0.2, 0) is 15.9 Å². The standard InChI is InChI=1S/C36H46F6O3/c1-2-3-4-5-23-21-43-35(44-22-23)27-12-15-30(32(38)18-27)26-8-6-24(7-9-26)25-10-13-28(14-11-25)36(41,42)45-29-19-33(39)31(16-17-37)34(40)20-29/h12,15,18-20,23-26,28,35H,2-11,13-14,16-17,21-22H2,1H3. The first-order valence-corrected chi connectivity index (χ1v) is 16.8. The van der Waals surface area contributed by atoms with E-state index in [-0.39, 0.29) is 24.6 Å². The first kappa shape index (κ1) is 34.1. The minimum atomic E-state index is -3.57. The zero-order valence-electron chi connectivity index (χ0n) is 26.2. The number of ether oxygens (including phenoxy) is 3. The van der Waals surface area contributed by atoms with Crippen molar-refractivity contribution in [3.8, 4) is 5.75 Å². The molecule has 2 aromatic carbocycles. The molecule has 9 heteroatoms. The Morgan fingerprint density at radius 3 is 2.00 bits per heavy atom. The molecule has 250 valence electrons. The minimum absolute atomic E-state index is 0.123. The Morgan fingerprint density at radius 2 is 1.42 bits per heavy atom.